The van der Waals surface area contributed by atoms with Gasteiger partial charge in [-0.1, -0.05) is 18.2 Å². The number of hydrogen-bond acceptors (Lipinski definition) is 5. The molecule has 0 aliphatic carbocycles. The van der Waals surface area contributed by atoms with E-state index in [-0.39, 0.29) is 22.8 Å². The van der Waals surface area contributed by atoms with Crippen molar-refractivity contribution in [2.45, 2.75) is 44.7 Å². The summed E-state index contributed by atoms with van der Waals surface area (Å²) in [5.41, 5.74) is 0.0701. The van der Waals surface area contributed by atoms with Gasteiger partial charge in [-0.25, -0.2) is 0 Å². The maximum Gasteiger partial charge on any atom is 0.285 e. The van der Waals surface area contributed by atoms with Crippen LogP contribution < -0.4 is 5.56 Å². The predicted octanol–water partition coefficient (Wildman–Crippen LogP) is 1.60. The minimum Gasteiger partial charge on any atom is -0.338 e. The molecule has 8 nitrogen and oxygen atoms in total. The largest absolute Gasteiger partial charge is 0.338 e. The molecule has 5 rings (SSSR count). The Hall–Kier alpha value is -3.00. The number of amides is 2. The van der Waals surface area contributed by atoms with Gasteiger partial charge in [-0.2, -0.15) is 4.98 Å². The van der Waals surface area contributed by atoms with Crippen LogP contribution in [0.2, 0.25) is 0 Å². The molecule has 1 atom stereocenters. The molecule has 0 radical (unpaired) electrons. The first-order valence-corrected chi connectivity index (χ1v) is 11.9. The lowest BCUT2D eigenvalue weighted by Gasteiger charge is -2.36. The number of rotatable bonds is 3. The van der Waals surface area contributed by atoms with Crippen LogP contribution in [0, 0.1) is 0 Å². The highest BCUT2D eigenvalue weighted by Gasteiger charge is 2.47. The smallest absolute Gasteiger partial charge is 0.285 e. The first-order chi connectivity index (χ1) is 15.9. The molecule has 1 spiro atoms. The topological polar surface area (TPSA) is 78.8 Å². The number of benzene rings is 1. The molecular weight excluding hydrogens is 418 g/mol. The van der Waals surface area contributed by atoms with Gasteiger partial charge >= 0.3 is 0 Å². The van der Waals surface area contributed by atoms with Gasteiger partial charge in [0.25, 0.3) is 17.4 Å². The normalized spacial score (nSPS) is 22.9. The lowest BCUT2D eigenvalue weighted by Crippen LogP contribution is -2.51. The van der Waals surface area contributed by atoms with E-state index >= 15 is 0 Å². The van der Waals surface area contributed by atoms with E-state index in [4.69, 9.17) is 0 Å². The summed E-state index contributed by atoms with van der Waals surface area (Å²) in [4.78, 5) is 49.4. The molecule has 4 heterocycles. The Labute approximate surface area is 193 Å². The molecule has 1 aromatic carbocycles. The lowest BCUT2D eigenvalue weighted by atomic mass is 9.85. The molecule has 0 N–H and O–H groups in total. The van der Waals surface area contributed by atoms with Crippen molar-refractivity contribution in [3.05, 3.63) is 63.8 Å². The van der Waals surface area contributed by atoms with Crippen molar-refractivity contribution in [2.24, 2.45) is 0 Å². The monoisotopic (exact) mass is 449 g/mol. The Bertz CT molecular complexity index is 1120. The average molecular weight is 450 g/mol. The highest BCUT2D eigenvalue weighted by molar-refractivity contribution is 5.94. The molecule has 0 bridgehead atoms. The zero-order valence-corrected chi connectivity index (χ0v) is 19.4. The van der Waals surface area contributed by atoms with E-state index in [1.807, 2.05) is 39.8 Å². The number of hydrogen-bond donors (Lipinski definition) is 0. The number of carbonyl (C=O) groups excluding carboxylic acids is 2. The molecule has 2 fully saturated rings. The summed E-state index contributed by atoms with van der Waals surface area (Å²) in [7, 11) is 0. The van der Waals surface area contributed by atoms with E-state index in [0.717, 1.165) is 31.8 Å². The van der Waals surface area contributed by atoms with Gasteiger partial charge in [0, 0.05) is 69.0 Å². The van der Waals surface area contributed by atoms with Gasteiger partial charge in [-0.15, -0.1) is 0 Å². The van der Waals surface area contributed by atoms with Crippen molar-refractivity contribution in [3.63, 3.8) is 0 Å². The van der Waals surface area contributed by atoms with Crippen molar-refractivity contribution >= 4 is 11.8 Å². The van der Waals surface area contributed by atoms with Crippen molar-refractivity contribution in [2.75, 3.05) is 39.3 Å². The zero-order valence-electron chi connectivity index (χ0n) is 19.4. The van der Waals surface area contributed by atoms with E-state index in [1.165, 1.54) is 0 Å². The van der Waals surface area contributed by atoms with Gasteiger partial charge < -0.3 is 14.4 Å². The molecule has 0 saturated carbocycles. The van der Waals surface area contributed by atoms with Crippen LogP contribution >= 0.6 is 0 Å². The Balaban J connectivity index is 1.34. The fraction of sp³-hybridized carbons (Fsp3) is 0.520. The Morgan fingerprint density at radius 1 is 0.909 bits per heavy atom. The summed E-state index contributed by atoms with van der Waals surface area (Å²) >= 11 is 0. The number of aromatic nitrogens is 2. The molecule has 3 aliphatic heterocycles. The van der Waals surface area contributed by atoms with E-state index in [9.17, 15) is 14.4 Å². The molecule has 1 aromatic heterocycles. The van der Waals surface area contributed by atoms with Crippen molar-refractivity contribution in [1.29, 1.82) is 0 Å². The maximum atomic E-state index is 13.1. The summed E-state index contributed by atoms with van der Waals surface area (Å²) in [6.45, 7) is 9.09. The van der Waals surface area contributed by atoms with Crippen molar-refractivity contribution in [3.8, 4) is 0 Å². The van der Waals surface area contributed by atoms with Crippen LogP contribution in [0.3, 0.4) is 0 Å². The van der Waals surface area contributed by atoms with E-state index in [0.29, 0.717) is 44.3 Å². The molecule has 2 saturated heterocycles. The summed E-state index contributed by atoms with van der Waals surface area (Å²) in [6, 6.07) is 9.74. The Morgan fingerprint density at radius 2 is 1.61 bits per heavy atom. The second-order valence-corrected chi connectivity index (χ2v) is 9.77. The van der Waals surface area contributed by atoms with E-state index < -0.39 is 5.56 Å². The summed E-state index contributed by atoms with van der Waals surface area (Å²) in [5, 5.41) is 0. The van der Waals surface area contributed by atoms with Crippen LogP contribution in [0.25, 0.3) is 0 Å². The molecule has 3 aliphatic rings. The van der Waals surface area contributed by atoms with Gasteiger partial charge in [0.2, 0.25) is 0 Å². The van der Waals surface area contributed by atoms with Crippen molar-refractivity contribution in [1.82, 2.24) is 24.3 Å². The Kier molecular flexibility index (Phi) is 5.56. The standard InChI is InChI=1S/C25H31N5O3/c1-18(2)27-12-14-28(15-13-27)23(33)20-16-29-10-8-25(24(29)26-21(20)31)9-11-30(17-25)22(32)19-6-4-3-5-7-19/h3-7,16,18H,8-15,17H2,1-2H3. The second-order valence-electron chi connectivity index (χ2n) is 9.77. The van der Waals surface area contributed by atoms with Crippen LogP contribution in [0.5, 0.6) is 0 Å². The first kappa shape index (κ1) is 21.8. The fourth-order valence-electron chi connectivity index (χ4n) is 5.49. The van der Waals surface area contributed by atoms with E-state index in [1.54, 1.807) is 11.1 Å². The predicted molar refractivity (Wildman–Crippen MR) is 124 cm³/mol. The van der Waals surface area contributed by atoms with E-state index in [2.05, 4.69) is 23.7 Å². The highest BCUT2D eigenvalue weighted by Crippen LogP contribution is 2.41. The second kappa shape index (κ2) is 8.41. The molecule has 33 heavy (non-hydrogen) atoms. The quantitative estimate of drug-likeness (QED) is 0.711. The minimum atomic E-state index is -0.452. The molecule has 174 valence electrons. The van der Waals surface area contributed by atoms with Crippen LogP contribution in [0.1, 0.15) is 53.2 Å². The summed E-state index contributed by atoms with van der Waals surface area (Å²) in [5.74, 6) is 0.511. The van der Waals surface area contributed by atoms with Crippen LogP contribution in [-0.4, -0.2) is 81.4 Å². The van der Waals surface area contributed by atoms with Gasteiger partial charge in [0.05, 0.1) is 0 Å². The molecular formula is C25H31N5O3. The summed E-state index contributed by atoms with van der Waals surface area (Å²) < 4.78 is 1.97. The minimum absolute atomic E-state index is 0.0145. The molecule has 1 unspecified atom stereocenters. The third-order valence-corrected chi connectivity index (χ3v) is 7.52. The van der Waals surface area contributed by atoms with Crippen LogP contribution in [0.4, 0.5) is 0 Å². The Morgan fingerprint density at radius 3 is 2.30 bits per heavy atom. The highest BCUT2D eigenvalue weighted by atomic mass is 16.2. The fourth-order valence-corrected chi connectivity index (χ4v) is 5.49. The van der Waals surface area contributed by atoms with Gasteiger partial charge in [0.15, 0.2) is 0 Å². The van der Waals surface area contributed by atoms with Gasteiger partial charge in [-0.3, -0.25) is 19.3 Å². The maximum absolute atomic E-state index is 13.1. The number of likely N-dealkylation sites (tertiary alicyclic amines) is 1. The van der Waals surface area contributed by atoms with Gasteiger partial charge in [-0.05, 0) is 38.8 Å². The zero-order chi connectivity index (χ0) is 23.2. The number of aryl methyl sites for hydroxylation is 1. The number of fused-ring (bicyclic) bond motifs is 2. The first-order valence-electron chi connectivity index (χ1n) is 11.9. The van der Waals surface area contributed by atoms with Gasteiger partial charge in [0.1, 0.15) is 11.4 Å². The molecule has 8 heteroatoms. The average Bonchev–Trinajstić information content (AvgIpc) is 3.42. The summed E-state index contributed by atoms with van der Waals surface area (Å²) in [6.07, 6.45) is 3.31. The van der Waals surface area contributed by atoms with Crippen LogP contribution in [0.15, 0.2) is 41.3 Å². The lowest BCUT2D eigenvalue weighted by molar-refractivity contribution is 0.0592. The van der Waals surface area contributed by atoms with Crippen LogP contribution in [-0.2, 0) is 12.0 Å². The molecule has 2 aromatic rings. The van der Waals surface area contributed by atoms with Crippen molar-refractivity contribution < 1.29 is 9.59 Å². The number of nitrogens with zero attached hydrogens (tertiary/aromatic N) is 5. The third-order valence-electron chi connectivity index (χ3n) is 7.52. The molecule has 2 amide bonds. The SMILES string of the molecule is CC(C)N1CCN(C(=O)c2cn3c(nc2=O)C2(CCN(C(=O)c4ccccc4)C2)CC3)CC1. The number of carbonyl (C=O) groups is 2. The third kappa shape index (κ3) is 3.86. The number of piperazine rings is 1.